The molecular formula is C28H22F2N4O3. The Hall–Kier alpha value is -4.55. The molecule has 1 aliphatic heterocycles. The summed E-state index contributed by atoms with van der Waals surface area (Å²) in [4.78, 5) is 18.3. The Morgan fingerprint density at radius 1 is 1.08 bits per heavy atom. The van der Waals surface area contributed by atoms with Crippen molar-refractivity contribution in [1.82, 2.24) is 4.98 Å². The summed E-state index contributed by atoms with van der Waals surface area (Å²) in [5, 5.41) is 30.3. The predicted molar refractivity (Wildman–Crippen MR) is 135 cm³/mol. The molecule has 1 saturated heterocycles. The van der Waals surface area contributed by atoms with Crippen LogP contribution in [0.3, 0.4) is 0 Å². The van der Waals surface area contributed by atoms with E-state index < -0.39 is 29.6 Å². The fourth-order valence-corrected chi connectivity index (χ4v) is 4.91. The van der Waals surface area contributed by atoms with Crippen LogP contribution >= 0.6 is 0 Å². The molecule has 0 saturated carbocycles. The van der Waals surface area contributed by atoms with Crippen molar-refractivity contribution in [3.63, 3.8) is 0 Å². The normalized spacial score (nSPS) is 17.5. The number of fused-ring (bicyclic) bond motifs is 1. The number of hydrogen-bond donors (Lipinski definition) is 3. The molecule has 2 atom stereocenters. The molecule has 1 unspecified atom stereocenters. The number of aromatic hydroxyl groups is 1. The molecule has 0 radical (unpaired) electrons. The van der Waals surface area contributed by atoms with Crippen molar-refractivity contribution in [2.75, 3.05) is 18.0 Å². The van der Waals surface area contributed by atoms with Crippen molar-refractivity contribution in [3.05, 3.63) is 78.0 Å². The van der Waals surface area contributed by atoms with Crippen LogP contribution in [0.2, 0.25) is 0 Å². The Balaban J connectivity index is 1.77. The molecule has 2 heterocycles. The van der Waals surface area contributed by atoms with Crippen LogP contribution in [-0.4, -0.2) is 40.3 Å². The number of para-hydroxylation sites is 1. The molecule has 4 aromatic rings. The minimum atomic E-state index is -1.02. The number of nitrogens with two attached hydrogens (primary N) is 1. The average molecular weight is 501 g/mol. The number of anilines is 1. The Kier molecular flexibility index (Phi) is 6.19. The number of pyridine rings is 1. The number of benzene rings is 3. The number of aliphatic carboxylic acids is 1. The standard InChI is InChI=1S/C28H22F2N4O3/c29-18-8-17(9-19(30)11-18)22-13-33-25-5-4-15(20-3-1-2-16(12-31)27(20)35)10-21(25)26(22)34-7-6-24(32)23(14-34)28(36)37/h1-5,8-11,13,23-24,35H,6-7,14,32H2,(H,36,37)/t23-,24?/m1/s1. The van der Waals surface area contributed by atoms with Crippen LogP contribution in [-0.2, 0) is 4.79 Å². The molecule has 3 aromatic carbocycles. The topological polar surface area (TPSA) is 123 Å². The zero-order valence-corrected chi connectivity index (χ0v) is 19.5. The molecule has 0 bridgehead atoms. The number of nitrogens with zero attached hydrogens (tertiary/aromatic N) is 3. The van der Waals surface area contributed by atoms with Gasteiger partial charge in [-0.15, -0.1) is 0 Å². The summed E-state index contributed by atoms with van der Waals surface area (Å²) in [7, 11) is 0. The summed E-state index contributed by atoms with van der Waals surface area (Å²) in [5.74, 6) is -3.53. The van der Waals surface area contributed by atoms with E-state index in [-0.39, 0.29) is 23.4 Å². The number of carboxylic acid groups (broad SMARTS) is 1. The van der Waals surface area contributed by atoms with Crippen molar-refractivity contribution in [2.24, 2.45) is 11.7 Å². The summed E-state index contributed by atoms with van der Waals surface area (Å²) in [5.41, 5.74) is 9.04. The molecule has 1 aliphatic rings. The third-order valence-electron chi connectivity index (χ3n) is 6.78. The van der Waals surface area contributed by atoms with Crippen molar-refractivity contribution in [3.8, 4) is 34.1 Å². The number of carbonyl (C=O) groups is 1. The van der Waals surface area contributed by atoms with E-state index in [1.807, 2.05) is 11.0 Å². The van der Waals surface area contributed by atoms with E-state index in [9.17, 15) is 29.1 Å². The van der Waals surface area contributed by atoms with Crippen LogP contribution in [0.5, 0.6) is 5.75 Å². The van der Waals surface area contributed by atoms with Crippen molar-refractivity contribution in [2.45, 2.75) is 12.5 Å². The summed E-state index contributed by atoms with van der Waals surface area (Å²) in [6.45, 7) is 0.522. The molecule has 37 heavy (non-hydrogen) atoms. The second-order valence-electron chi connectivity index (χ2n) is 9.07. The number of phenolic OH excluding ortho intramolecular Hbond substituents is 1. The highest BCUT2D eigenvalue weighted by molar-refractivity contribution is 6.02. The summed E-state index contributed by atoms with van der Waals surface area (Å²) in [6.07, 6.45) is 1.92. The van der Waals surface area contributed by atoms with E-state index in [1.165, 1.54) is 24.4 Å². The van der Waals surface area contributed by atoms with Gasteiger partial charge in [-0.25, -0.2) is 8.78 Å². The van der Waals surface area contributed by atoms with Crippen LogP contribution in [0.4, 0.5) is 14.5 Å². The zero-order valence-electron chi connectivity index (χ0n) is 19.5. The van der Waals surface area contributed by atoms with Gasteiger partial charge < -0.3 is 20.8 Å². The molecule has 5 rings (SSSR count). The molecule has 4 N–H and O–H groups in total. The number of hydrogen-bond acceptors (Lipinski definition) is 6. The maximum absolute atomic E-state index is 14.2. The first-order valence-corrected chi connectivity index (χ1v) is 11.6. The second-order valence-corrected chi connectivity index (χ2v) is 9.07. The smallest absolute Gasteiger partial charge is 0.309 e. The SMILES string of the molecule is N#Cc1cccc(-c2ccc3ncc(-c4cc(F)cc(F)c4)c(N4CCC(N)[C@H](C(=O)O)C4)c3c2)c1O. The Bertz CT molecular complexity index is 1560. The van der Waals surface area contributed by atoms with Crippen LogP contribution in [0.15, 0.2) is 60.8 Å². The zero-order chi connectivity index (χ0) is 26.3. The van der Waals surface area contributed by atoms with Gasteiger partial charge in [0.1, 0.15) is 23.5 Å². The average Bonchev–Trinajstić information content (AvgIpc) is 2.87. The molecule has 1 fully saturated rings. The van der Waals surface area contributed by atoms with Gasteiger partial charge in [-0.3, -0.25) is 9.78 Å². The summed E-state index contributed by atoms with van der Waals surface area (Å²) >= 11 is 0. The van der Waals surface area contributed by atoms with Gasteiger partial charge >= 0.3 is 5.97 Å². The third-order valence-corrected chi connectivity index (χ3v) is 6.78. The minimum absolute atomic E-state index is 0.0970. The van der Waals surface area contributed by atoms with Crippen LogP contribution in [0.1, 0.15) is 12.0 Å². The number of rotatable bonds is 4. The highest BCUT2D eigenvalue weighted by Crippen LogP contribution is 2.41. The van der Waals surface area contributed by atoms with E-state index in [0.717, 1.165) is 6.07 Å². The number of aromatic nitrogens is 1. The lowest BCUT2D eigenvalue weighted by molar-refractivity contribution is -0.142. The van der Waals surface area contributed by atoms with Gasteiger partial charge in [-0.1, -0.05) is 18.2 Å². The lowest BCUT2D eigenvalue weighted by Gasteiger charge is -2.37. The van der Waals surface area contributed by atoms with Gasteiger partial charge in [0.05, 0.1) is 22.7 Å². The second kappa shape index (κ2) is 9.48. The molecule has 7 nitrogen and oxygen atoms in total. The highest BCUT2D eigenvalue weighted by Gasteiger charge is 2.34. The summed E-state index contributed by atoms with van der Waals surface area (Å²) in [6, 6.07) is 14.7. The first-order valence-electron chi connectivity index (χ1n) is 11.6. The van der Waals surface area contributed by atoms with Gasteiger partial charge in [-0.05, 0) is 47.9 Å². The van der Waals surface area contributed by atoms with Gasteiger partial charge in [0.15, 0.2) is 0 Å². The number of carboxylic acids is 1. The van der Waals surface area contributed by atoms with E-state index in [4.69, 9.17) is 5.73 Å². The predicted octanol–water partition coefficient (Wildman–Crippen LogP) is 4.66. The van der Waals surface area contributed by atoms with Crippen molar-refractivity contribution in [1.29, 1.82) is 5.26 Å². The molecule has 186 valence electrons. The van der Waals surface area contributed by atoms with Gasteiger partial charge in [-0.2, -0.15) is 5.26 Å². The van der Waals surface area contributed by atoms with Gasteiger partial charge in [0.2, 0.25) is 0 Å². The lowest BCUT2D eigenvalue weighted by atomic mass is 9.90. The maximum atomic E-state index is 14.2. The van der Waals surface area contributed by atoms with E-state index in [2.05, 4.69) is 4.98 Å². The third kappa shape index (κ3) is 4.43. The van der Waals surface area contributed by atoms with Gasteiger partial charge in [0.25, 0.3) is 0 Å². The first kappa shape index (κ1) is 24.2. The lowest BCUT2D eigenvalue weighted by Crippen LogP contribution is -2.50. The maximum Gasteiger partial charge on any atom is 0.309 e. The molecule has 1 aromatic heterocycles. The first-order chi connectivity index (χ1) is 17.8. The Morgan fingerprint density at radius 2 is 1.84 bits per heavy atom. The van der Waals surface area contributed by atoms with E-state index in [0.29, 0.717) is 46.2 Å². The quantitative estimate of drug-likeness (QED) is 0.372. The highest BCUT2D eigenvalue weighted by atomic mass is 19.1. The van der Waals surface area contributed by atoms with E-state index in [1.54, 1.807) is 30.3 Å². The van der Waals surface area contributed by atoms with Gasteiger partial charge in [0, 0.05) is 47.9 Å². The van der Waals surface area contributed by atoms with Crippen LogP contribution in [0.25, 0.3) is 33.2 Å². The molecule has 0 aliphatic carbocycles. The van der Waals surface area contributed by atoms with Crippen molar-refractivity contribution < 1.29 is 23.8 Å². The Morgan fingerprint density at radius 3 is 2.54 bits per heavy atom. The fourth-order valence-electron chi connectivity index (χ4n) is 4.91. The van der Waals surface area contributed by atoms with Crippen LogP contribution < -0.4 is 10.6 Å². The molecule has 0 amide bonds. The van der Waals surface area contributed by atoms with Crippen LogP contribution in [0, 0.1) is 28.9 Å². The number of nitriles is 1. The fraction of sp³-hybridized carbons (Fsp3) is 0.179. The van der Waals surface area contributed by atoms with Crippen molar-refractivity contribution >= 4 is 22.6 Å². The molecular weight excluding hydrogens is 478 g/mol. The summed E-state index contributed by atoms with van der Waals surface area (Å²) < 4.78 is 28.4. The number of halogens is 2. The Labute approximate surface area is 211 Å². The minimum Gasteiger partial charge on any atom is -0.506 e. The van der Waals surface area contributed by atoms with E-state index >= 15 is 0 Å². The molecule has 9 heteroatoms. The monoisotopic (exact) mass is 500 g/mol. The number of piperidine rings is 1. The largest absolute Gasteiger partial charge is 0.506 e. The number of phenols is 1. The molecule has 0 spiro atoms.